The van der Waals surface area contributed by atoms with Crippen molar-refractivity contribution in [3.8, 4) is 0 Å². The molecule has 160 valence electrons. The predicted molar refractivity (Wildman–Crippen MR) is 126 cm³/mol. The van der Waals surface area contributed by atoms with Gasteiger partial charge in [0.25, 0.3) is 0 Å². The van der Waals surface area contributed by atoms with Crippen molar-refractivity contribution < 1.29 is 4.79 Å². The van der Waals surface area contributed by atoms with Crippen LogP contribution in [0.3, 0.4) is 0 Å². The molecular formula is C20H42IN5O. The van der Waals surface area contributed by atoms with E-state index in [-0.39, 0.29) is 29.9 Å². The SMILES string of the molecule is CCNC(=NCCCCCN1CCCCC1)N(C)CC(=O)N(CC)CC.I. The van der Waals surface area contributed by atoms with Crippen molar-refractivity contribution >= 4 is 35.8 Å². The molecule has 0 aliphatic carbocycles. The van der Waals surface area contributed by atoms with Crippen LogP contribution in [0.1, 0.15) is 59.3 Å². The Kier molecular flexibility index (Phi) is 16.0. The Bertz CT molecular complexity index is 409. The summed E-state index contributed by atoms with van der Waals surface area (Å²) < 4.78 is 0. The van der Waals surface area contributed by atoms with E-state index in [1.165, 1.54) is 51.7 Å². The lowest BCUT2D eigenvalue weighted by Gasteiger charge is -2.26. The van der Waals surface area contributed by atoms with Gasteiger partial charge < -0.3 is 20.0 Å². The topological polar surface area (TPSA) is 51.2 Å². The average Bonchev–Trinajstić information content (AvgIpc) is 2.65. The van der Waals surface area contributed by atoms with Gasteiger partial charge in [-0.25, -0.2) is 0 Å². The molecule has 1 fully saturated rings. The number of guanidine groups is 1. The average molecular weight is 495 g/mol. The van der Waals surface area contributed by atoms with Crippen LogP contribution in [-0.2, 0) is 4.79 Å². The number of hydrogen-bond donors (Lipinski definition) is 1. The number of carbonyl (C=O) groups excluding carboxylic acids is 1. The number of piperidine rings is 1. The van der Waals surface area contributed by atoms with Gasteiger partial charge in [-0.1, -0.05) is 12.8 Å². The van der Waals surface area contributed by atoms with Gasteiger partial charge in [0.05, 0.1) is 6.54 Å². The summed E-state index contributed by atoms with van der Waals surface area (Å²) in [5.74, 6) is 0.994. The fourth-order valence-electron chi connectivity index (χ4n) is 3.42. The van der Waals surface area contributed by atoms with E-state index in [1.54, 1.807) is 0 Å². The van der Waals surface area contributed by atoms with Crippen LogP contribution in [0.15, 0.2) is 4.99 Å². The fourth-order valence-corrected chi connectivity index (χ4v) is 3.42. The minimum absolute atomic E-state index is 0. The maximum Gasteiger partial charge on any atom is 0.242 e. The van der Waals surface area contributed by atoms with Crippen LogP contribution in [0.5, 0.6) is 0 Å². The van der Waals surface area contributed by atoms with E-state index in [1.807, 2.05) is 30.7 Å². The number of rotatable bonds is 11. The van der Waals surface area contributed by atoms with Crippen molar-refractivity contribution in [1.82, 2.24) is 20.0 Å². The third-order valence-electron chi connectivity index (χ3n) is 5.03. The lowest BCUT2D eigenvalue weighted by Crippen LogP contribution is -2.45. The fraction of sp³-hybridized carbons (Fsp3) is 0.900. The van der Waals surface area contributed by atoms with Crippen molar-refractivity contribution in [2.45, 2.75) is 59.3 Å². The van der Waals surface area contributed by atoms with Gasteiger partial charge in [0, 0.05) is 33.2 Å². The summed E-state index contributed by atoms with van der Waals surface area (Å²) in [6, 6.07) is 0. The second-order valence-electron chi connectivity index (χ2n) is 7.12. The molecule has 1 aliphatic rings. The van der Waals surface area contributed by atoms with E-state index in [2.05, 4.69) is 17.1 Å². The number of carbonyl (C=O) groups is 1. The van der Waals surface area contributed by atoms with Crippen molar-refractivity contribution in [2.24, 2.45) is 4.99 Å². The van der Waals surface area contributed by atoms with Crippen LogP contribution in [0.2, 0.25) is 0 Å². The lowest BCUT2D eigenvalue weighted by molar-refractivity contribution is -0.131. The van der Waals surface area contributed by atoms with Crippen LogP contribution < -0.4 is 5.32 Å². The summed E-state index contributed by atoms with van der Waals surface area (Å²) in [6.45, 7) is 13.4. The Hall–Kier alpha value is -0.570. The van der Waals surface area contributed by atoms with E-state index < -0.39 is 0 Å². The van der Waals surface area contributed by atoms with Gasteiger partial charge in [-0.3, -0.25) is 9.79 Å². The highest BCUT2D eigenvalue weighted by atomic mass is 127. The number of hydrogen-bond acceptors (Lipinski definition) is 3. The second kappa shape index (κ2) is 16.4. The molecular weight excluding hydrogens is 453 g/mol. The van der Waals surface area contributed by atoms with Gasteiger partial charge in [0.1, 0.15) is 0 Å². The molecule has 1 N–H and O–H groups in total. The zero-order valence-electron chi connectivity index (χ0n) is 18.0. The summed E-state index contributed by atoms with van der Waals surface area (Å²) in [4.78, 5) is 23.4. The highest BCUT2D eigenvalue weighted by Gasteiger charge is 2.15. The minimum Gasteiger partial charge on any atom is -0.357 e. The summed E-state index contributed by atoms with van der Waals surface area (Å²) in [5, 5.41) is 3.30. The number of amides is 1. The second-order valence-corrected chi connectivity index (χ2v) is 7.12. The molecule has 1 saturated heterocycles. The van der Waals surface area contributed by atoms with Crippen LogP contribution in [-0.4, -0.2) is 86.0 Å². The van der Waals surface area contributed by atoms with Crippen molar-refractivity contribution in [1.29, 1.82) is 0 Å². The molecule has 0 unspecified atom stereocenters. The largest absolute Gasteiger partial charge is 0.357 e. The molecule has 0 atom stereocenters. The third kappa shape index (κ3) is 11.1. The molecule has 0 saturated carbocycles. The number of nitrogens with zero attached hydrogens (tertiary/aromatic N) is 4. The first kappa shape index (κ1) is 26.4. The van der Waals surface area contributed by atoms with Crippen LogP contribution in [0.25, 0.3) is 0 Å². The lowest BCUT2D eigenvalue weighted by atomic mass is 10.1. The van der Waals surface area contributed by atoms with E-state index in [0.29, 0.717) is 6.54 Å². The normalized spacial score (nSPS) is 15.2. The Morgan fingerprint density at radius 3 is 2.30 bits per heavy atom. The molecule has 1 amide bonds. The molecule has 1 heterocycles. The first-order valence-electron chi connectivity index (χ1n) is 10.6. The highest BCUT2D eigenvalue weighted by molar-refractivity contribution is 14.0. The number of halogens is 1. The molecule has 0 aromatic heterocycles. The van der Waals surface area contributed by atoms with Crippen LogP contribution in [0, 0.1) is 0 Å². The van der Waals surface area contributed by atoms with Gasteiger partial charge in [0.15, 0.2) is 5.96 Å². The Balaban J connectivity index is 0.00000676. The molecule has 0 radical (unpaired) electrons. The number of aliphatic imine (C=N–C) groups is 1. The maximum atomic E-state index is 12.3. The smallest absolute Gasteiger partial charge is 0.242 e. The monoisotopic (exact) mass is 495 g/mol. The number of likely N-dealkylation sites (tertiary alicyclic amines) is 1. The van der Waals surface area contributed by atoms with Crippen LogP contribution in [0.4, 0.5) is 0 Å². The van der Waals surface area contributed by atoms with Gasteiger partial charge in [0.2, 0.25) is 5.91 Å². The van der Waals surface area contributed by atoms with E-state index in [4.69, 9.17) is 4.99 Å². The molecule has 0 aromatic rings. The molecule has 1 aliphatic heterocycles. The first-order valence-corrected chi connectivity index (χ1v) is 10.6. The number of nitrogens with one attached hydrogen (secondary N) is 1. The molecule has 6 nitrogen and oxygen atoms in total. The quantitative estimate of drug-likeness (QED) is 0.207. The van der Waals surface area contributed by atoms with Gasteiger partial charge in [-0.2, -0.15) is 0 Å². The molecule has 1 rings (SSSR count). The molecule has 0 bridgehead atoms. The van der Waals surface area contributed by atoms with E-state index >= 15 is 0 Å². The summed E-state index contributed by atoms with van der Waals surface area (Å²) >= 11 is 0. The first-order chi connectivity index (χ1) is 12.6. The Labute approximate surface area is 184 Å². The van der Waals surface area contributed by atoms with Crippen molar-refractivity contribution in [3.63, 3.8) is 0 Å². The standard InChI is InChI=1S/C20H41N5O.HI/c1-5-21-20(23(4)18-19(26)25(6-2)7-3)22-14-10-8-11-15-24-16-12-9-13-17-24;/h5-18H2,1-4H3,(H,21,22);1H. The zero-order chi connectivity index (χ0) is 19.2. The Morgan fingerprint density at radius 1 is 1.04 bits per heavy atom. The third-order valence-corrected chi connectivity index (χ3v) is 5.03. The van der Waals surface area contributed by atoms with Crippen molar-refractivity contribution in [2.75, 3.05) is 59.4 Å². The minimum atomic E-state index is 0. The number of likely N-dealkylation sites (N-methyl/N-ethyl adjacent to an activating group) is 2. The van der Waals surface area contributed by atoms with Crippen LogP contribution >= 0.6 is 24.0 Å². The summed E-state index contributed by atoms with van der Waals surface area (Å²) in [7, 11) is 1.94. The Morgan fingerprint density at radius 2 is 1.70 bits per heavy atom. The summed E-state index contributed by atoms with van der Waals surface area (Å²) in [6.07, 6.45) is 7.75. The molecule has 0 aromatic carbocycles. The number of unbranched alkanes of at least 4 members (excludes halogenated alkanes) is 2. The predicted octanol–water partition coefficient (Wildman–Crippen LogP) is 3.03. The van der Waals surface area contributed by atoms with E-state index in [9.17, 15) is 4.79 Å². The zero-order valence-corrected chi connectivity index (χ0v) is 20.3. The summed E-state index contributed by atoms with van der Waals surface area (Å²) in [5.41, 5.74) is 0. The van der Waals surface area contributed by atoms with Gasteiger partial charge in [-0.05, 0) is 66.1 Å². The van der Waals surface area contributed by atoms with E-state index in [0.717, 1.165) is 38.6 Å². The highest BCUT2D eigenvalue weighted by Crippen LogP contribution is 2.10. The van der Waals surface area contributed by atoms with Gasteiger partial charge in [-0.15, -0.1) is 24.0 Å². The molecule has 0 spiro atoms. The molecule has 27 heavy (non-hydrogen) atoms. The van der Waals surface area contributed by atoms with Gasteiger partial charge >= 0.3 is 0 Å². The van der Waals surface area contributed by atoms with Crippen molar-refractivity contribution in [3.05, 3.63) is 0 Å². The maximum absolute atomic E-state index is 12.3. The molecule has 7 heteroatoms.